The quantitative estimate of drug-likeness (QED) is 0.834. The number of hydrogen-bond donors (Lipinski definition) is 1. The molecule has 1 aliphatic rings. The third-order valence-corrected chi connectivity index (χ3v) is 5.11. The largest absolute Gasteiger partial charge is 0.495 e. The van der Waals surface area contributed by atoms with Gasteiger partial charge in [0.1, 0.15) is 12.3 Å². The molecule has 0 bridgehead atoms. The fourth-order valence-corrected chi connectivity index (χ4v) is 3.67. The summed E-state index contributed by atoms with van der Waals surface area (Å²) < 4.78 is 5.17. The number of methoxy groups -OCH3 is 1. The van der Waals surface area contributed by atoms with Gasteiger partial charge in [0.25, 0.3) is 0 Å². The Morgan fingerprint density at radius 2 is 1.92 bits per heavy atom. The van der Waals surface area contributed by atoms with Crippen molar-refractivity contribution in [1.82, 2.24) is 4.90 Å². The van der Waals surface area contributed by atoms with Gasteiger partial charge < -0.3 is 10.1 Å². The second kappa shape index (κ2) is 7.48. The summed E-state index contributed by atoms with van der Waals surface area (Å²) in [5.74, 6) is -0.631. The molecule has 0 unspecified atom stereocenters. The first-order valence-corrected chi connectivity index (χ1v) is 8.76. The minimum Gasteiger partial charge on any atom is -0.495 e. The molecule has 0 radical (unpaired) electrons. The van der Waals surface area contributed by atoms with E-state index in [0.717, 1.165) is 9.78 Å². The second-order valence-electron chi connectivity index (χ2n) is 5.74. The molecule has 1 aromatic carbocycles. The van der Waals surface area contributed by atoms with Crippen molar-refractivity contribution in [3.05, 3.63) is 46.7 Å². The highest BCUT2D eigenvalue weighted by Gasteiger charge is 2.34. The average molecular weight is 358 g/mol. The molecule has 0 atom stereocenters. The van der Waals surface area contributed by atoms with Crippen LogP contribution in [0.5, 0.6) is 5.75 Å². The Balaban J connectivity index is 1.63. The number of amides is 3. The van der Waals surface area contributed by atoms with Crippen molar-refractivity contribution in [1.29, 1.82) is 0 Å². The van der Waals surface area contributed by atoms with Crippen molar-refractivity contribution < 1.29 is 19.1 Å². The lowest BCUT2D eigenvalue weighted by Gasteiger charge is -2.29. The molecule has 3 rings (SSSR count). The van der Waals surface area contributed by atoms with Crippen molar-refractivity contribution >= 4 is 34.7 Å². The monoisotopic (exact) mass is 358 g/mol. The van der Waals surface area contributed by atoms with Crippen LogP contribution in [-0.4, -0.2) is 36.3 Å². The molecular formula is C18H18N2O4S. The smallest absolute Gasteiger partial charge is 0.244 e. The summed E-state index contributed by atoms with van der Waals surface area (Å²) >= 11 is 1.54. The van der Waals surface area contributed by atoms with Crippen LogP contribution in [-0.2, 0) is 14.4 Å². The Labute approximate surface area is 149 Å². The maximum absolute atomic E-state index is 12.3. The number of thiophene rings is 1. The minimum atomic E-state index is -0.430. The van der Waals surface area contributed by atoms with Gasteiger partial charge in [0, 0.05) is 23.6 Å². The molecule has 1 N–H and O–H groups in total. The third kappa shape index (κ3) is 3.88. The van der Waals surface area contributed by atoms with Gasteiger partial charge in [0.2, 0.25) is 17.7 Å². The standard InChI is InChI=1S/C18H18N2O4S/c1-24-14-6-3-2-5-13(14)19-16(21)11-20-17(22)9-12(10-18(20)23)15-7-4-8-25-15/h2-8,12H,9-11H2,1H3,(H,19,21). The van der Waals surface area contributed by atoms with Crippen molar-refractivity contribution in [3.63, 3.8) is 0 Å². The number of ether oxygens (including phenoxy) is 1. The van der Waals surface area contributed by atoms with Crippen LogP contribution >= 0.6 is 11.3 Å². The molecule has 6 nitrogen and oxygen atoms in total. The van der Waals surface area contributed by atoms with Crippen LogP contribution in [0.1, 0.15) is 23.6 Å². The normalized spacial score (nSPS) is 15.3. The number of imide groups is 1. The number of para-hydroxylation sites is 2. The van der Waals surface area contributed by atoms with Gasteiger partial charge in [-0.25, -0.2) is 0 Å². The van der Waals surface area contributed by atoms with E-state index < -0.39 is 5.91 Å². The van der Waals surface area contributed by atoms with Gasteiger partial charge in [-0.05, 0) is 23.6 Å². The number of hydrogen-bond acceptors (Lipinski definition) is 5. The lowest BCUT2D eigenvalue weighted by atomic mass is 9.94. The van der Waals surface area contributed by atoms with E-state index in [1.165, 1.54) is 18.4 Å². The van der Waals surface area contributed by atoms with E-state index >= 15 is 0 Å². The molecule has 2 aromatic rings. The highest BCUT2D eigenvalue weighted by atomic mass is 32.1. The molecule has 7 heteroatoms. The summed E-state index contributed by atoms with van der Waals surface area (Å²) in [7, 11) is 1.51. The first-order valence-electron chi connectivity index (χ1n) is 7.88. The fourth-order valence-electron chi connectivity index (χ4n) is 2.84. The van der Waals surface area contributed by atoms with E-state index in [-0.39, 0.29) is 37.1 Å². The molecule has 0 spiro atoms. The molecule has 0 saturated carbocycles. The van der Waals surface area contributed by atoms with Gasteiger partial charge in [-0.2, -0.15) is 0 Å². The van der Waals surface area contributed by atoms with Crippen LogP contribution in [0.3, 0.4) is 0 Å². The number of nitrogens with zero attached hydrogens (tertiary/aromatic N) is 1. The van der Waals surface area contributed by atoms with Crippen LogP contribution in [0.15, 0.2) is 41.8 Å². The van der Waals surface area contributed by atoms with E-state index in [0.29, 0.717) is 11.4 Å². The number of piperidine rings is 1. The first kappa shape index (κ1) is 17.2. The zero-order chi connectivity index (χ0) is 17.8. The Kier molecular flexibility index (Phi) is 5.14. The van der Waals surface area contributed by atoms with Gasteiger partial charge in [-0.1, -0.05) is 18.2 Å². The van der Waals surface area contributed by atoms with Crippen LogP contribution in [0, 0.1) is 0 Å². The molecule has 3 amide bonds. The maximum atomic E-state index is 12.3. The van der Waals surface area contributed by atoms with Crippen LogP contribution in [0.2, 0.25) is 0 Å². The molecule has 25 heavy (non-hydrogen) atoms. The highest BCUT2D eigenvalue weighted by Crippen LogP contribution is 2.32. The van der Waals surface area contributed by atoms with Crippen LogP contribution in [0.4, 0.5) is 5.69 Å². The number of carbonyl (C=O) groups excluding carboxylic acids is 3. The van der Waals surface area contributed by atoms with Crippen molar-refractivity contribution in [3.8, 4) is 5.75 Å². The Morgan fingerprint density at radius 3 is 2.56 bits per heavy atom. The maximum Gasteiger partial charge on any atom is 0.244 e. The predicted octanol–water partition coefficient (Wildman–Crippen LogP) is 2.63. The predicted molar refractivity (Wildman–Crippen MR) is 94.6 cm³/mol. The van der Waals surface area contributed by atoms with Gasteiger partial charge in [-0.3, -0.25) is 19.3 Å². The van der Waals surface area contributed by atoms with Crippen molar-refractivity contribution in [2.24, 2.45) is 0 Å². The zero-order valence-electron chi connectivity index (χ0n) is 13.7. The second-order valence-corrected chi connectivity index (χ2v) is 6.72. The molecule has 1 aliphatic heterocycles. The molecule has 1 fully saturated rings. The van der Waals surface area contributed by atoms with Gasteiger partial charge in [0.15, 0.2) is 0 Å². The van der Waals surface area contributed by atoms with Gasteiger partial charge in [-0.15, -0.1) is 11.3 Å². The molecule has 0 aliphatic carbocycles. The minimum absolute atomic E-state index is 0.0893. The fraction of sp³-hybridized carbons (Fsp3) is 0.278. The van der Waals surface area contributed by atoms with Crippen LogP contribution in [0.25, 0.3) is 0 Å². The van der Waals surface area contributed by atoms with Crippen molar-refractivity contribution in [2.75, 3.05) is 19.0 Å². The number of carbonyl (C=O) groups is 3. The Hall–Kier alpha value is -2.67. The number of anilines is 1. The van der Waals surface area contributed by atoms with E-state index in [2.05, 4.69) is 5.32 Å². The summed E-state index contributed by atoms with van der Waals surface area (Å²) in [6, 6.07) is 10.8. The van der Waals surface area contributed by atoms with Gasteiger partial charge >= 0.3 is 0 Å². The lowest BCUT2D eigenvalue weighted by molar-refractivity contribution is -0.150. The summed E-state index contributed by atoms with van der Waals surface area (Å²) in [5.41, 5.74) is 0.503. The van der Waals surface area contributed by atoms with Gasteiger partial charge in [0.05, 0.1) is 12.8 Å². The molecule has 1 saturated heterocycles. The molecule has 2 heterocycles. The molecular weight excluding hydrogens is 340 g/mol. The summed E-state index contributed by atoms with van der Waals surface area (Å²) in [4.78, 5) is 39.0. The molecule has 1 aromatic heterocycles. The number of benzene rings is 1. The summed E-state index contributed by atoms with van der Waals surface area (Å²) in [5, 5.41) is 4.61. The lowest BCUT2D eigenvalue weighted by Crippen LogP contribution is -2.46. The number of likely N-dealkylation sites (tertiary alicyclic amines) is 1. The summed E-state index contributed by atoms with van der Waals surface area (Å²) in [6.07, 6.45) is 0.488. The van der Waals surface area contributed by atoms with E-state index in [4.69, 9.17) is 4.74 Å². The van der Waals surface area contributed by atoms with E-state index in [1.54, 1.807) is 24.3 Å². The number of rotatable bonds is 5. The third-order valence-electron chi connectivity index (χ3n) is 4.07. The van der Waals surface area contributed by atoms with Crippen LogP contribution < -0.4 is 10.1 Å². The average Bonchev–Trinajstić information content (AvgIpc) is 3.13. The van der Waals surface area contributed by atoms with Crippen molar-refractivity contribution in [2.45, 2.75) is 18.8 Å². The highest BCUT2D eigenvalue weighted by molar-refractivity contribution is 7.10. The van der Waals surface area contributed by atoms with E-state index in [9.17, 15) is 14.4 Å². The SMILES string of the molecule is COc1ccccc1NC(=O)CN1C(=O)CC(c2cccs2)CC1=O. The topological polar surface area (TPSA) is 75.7 Å². The molecule has 130 valence electrons. The zero-order valence-corrected chi connectivity index (χ0v) is 14.5. The summed E-state index contributed by atoms with van der Waals surface area (Å²) in [6.45, 7) is -0.285. The van der Waals surface area contributed by atoms with E-state index in [1.807, 2.05) is 17.5 Å². The Morgan fingerprint density at radius 1 is 1.20 bits per heavy atom. The first-order chi connectivity index (χ1) is 12.1. The Bertz CT molecular complexity index is 770. The number of nitrogens with one attached hydrogen (secondary N) is 1.